The number of alkyl halides is 3. The van der Waals surface area contributed by atoms with Gasteiger partial charge in [-0.2, -0.15) is 0 Å². The van der Waals surface area contributed by atoms with E-state index in [4.69, 9.17) is 19.3 Å². The number of amides is 1. The number of fused-ring (bicyclic) bond motifs is 1. The molecule has 0 spiro atoms. The lowest BCUT2D eigenvalue weighted by molar-refractivity contribution is -0.300. The Morgan fingerprint density at radius 1 is 1.15 bits per heavy atom. The summed E-state index contributed by atoms with van der Waals surface area (Å²) in [7, 11) is 2.46. The minimum Gasteiger partial charge on any atom is -0.406 e. The van der Waals surface area contributed by atoms with Crippen LogP contribution in [0, 0.1) is 0 Å². The maximum atomic E-state index is 12.3. The Balaban J connectivity index is 2.10. The van der Waals surface area contributed by atoms with Crippen molar-refractivity contribution < 1.29 is 51.6 Å². The van der Waals surface area contributed by atoms with Gasteiger partial charge in [0.05, 0.1) is 17.8 Å². The molecule has 1 aromatic rings. The fourth-order valence-electron chi connectivity index (χ4n) is 2.24. The van der Waals surface area contributed by atoms with Crippen molar-refractivity contribution in [1.29, 1.82) is 0 Å². The molecule has 0 aromatic heterocycles. The molecule has 2 rings (SSSR count). The van der Waals surface area contributed by atoms with E-state index >= 15 is 0 Å². The summed E-state index contributed by atoms with van der Waals surface area (Å²) in [6, 6.07) is 2.97. The molecule has 1 aliphatic heterocycles. The second-order valence-corrected chi connectivity index (χ2v) is 5.13. The Bertz CT molecular complexity index is 696. The van der Waals surface area contributed by atoms with Crippen LogP contribution >= 0.6 is 0 Å². The summed E-state index contributed by atoms with van der Waals surface area (Å²) in [6.45, 7) is -2.22. The number of methoxy groups -OCH3 is 2. The van der Waals surface area contributed by atoms with Crippen molar-refractivity contribution in [2.24, 2.45) is 0 Å². The third-order valence-electron chi connectivity index (χ3n) is 3.44. The van der Waals surface area contributed by atoms with Gasteiger partial charge in [0.25, 0.3) is 18.2 Å². The minimum absolute atomic E-state index is 0.0861. The van der Waals surface area contributed by atoms with Crippen LogP contribution in [0.2, 0.25) is 0 Å². The lowest BCUT2D eigenvalue weighted by Gasteiger charge is -2.23. The number of aliphatic hydroxyl groups excluding tert-OH is 1. The van der Waals surface area contributed by atoms with Gasteiger partial charge in [-0.15, -0.1) is 13.2 Å². The fourth-order valence-corrected chi connectivity index (χ4v) is 2.24. The molecule has 12 heteroatoms. The van der Waals surface area contributed by atoms with E-state index in [9.17, 15) is 22.8 Å². The van der Waals surface area contributed by atoms with E-state index < -0.39 is 43.4 Å². The number of halogens is 3. The molecule has 0 saturated heterocycles. The lowest BCUT2D eigenvalue weighted by atomic mass is 10.1. The number of ketones is 1. The van der Waals surface area contributed by atoms with Gasteiger partial charge >= 0.3 is 6.36 Å². The third kappa shape index (κ3) is 5.37. The monoisotopic (exact) mass is 395 g/mol. The van der Waals surface area contributed by atoms with E-state index in [1.54, 1.807) is 0 Å². The molecule has 27 heavy (non-hydrogen) atoms. The van der Waals surface area contributed by atoms with Crippen LogP contribution in [0.25, 0.3) is 0 Å². The van der Waals surface area contributed by atoms with Gasteiger partial charge in [-0.3, -0.25) is 14.5 Å². The van der Waals surface area contributed by atoms with Gasteiger partial charge in [0.1, 0.15) is 5.75 Å². The molecule has 1 N–H and O–H groups in total. The van der Waals surface area contributed by atoms with Gasteiger partial charge in [0.2, 0.25) is 0 Å². The number of hydrogen-bond donors (Lipinski definition) is 1. The fraction of sp³-hybridized carbons (Fsp3) is 0.467. The average Bonchev–Trinajstić information content (AvgIpc) is 2.83. The summed E-state index contributed by atoms with van der Waals surface area (Å²) in [6.07, 6.45) is -5.98. The van der Waals surface area contributed by atoms with Crippen LogP contribution in [-0.2, 0) is 23.7 Å². The molecular weight excluding hydrogens is 379 g/mol. The van der Waals surface area contributed by atoms with Gasteiger partial charge in [-0.05, 0) is 18.2 Å². The number of ether oxygens (including phenoxy) is 5. The van der Waals surface area contributed by atoms with E-state index in [1.807, 2.05) is 0 Å². The van der Waals surface area contributed by atoms with E-state index in [-0.39, 0.29) is 17.8 Å². The Morgan fingerprint density at radius 2 is 1.85 bits per heavy atom. The zero-order chi connectivity index (χ0) is 20.2. The summed E-state index contributed by atoms with van der Waals surface area (Å²) in [5.74, 6) is -2.57. The number of nitrogens with zero attached hydrogens (tertiary/aromatic N) is 1. The Morgan fingerprint density at radius 3 is 2.44 bits per heavy atom. The van der Waals surface area contributed by atoms with Crippen molar-refractivity contribution in [2.45, 2.75) is 19.1 Å². The van der Waals surface area contributed by atoms with E-state index in [0.717, 1.165) is 23.1 Å². The number of carbonyl (C=O) groups excluding carboxylic acids is 2. The van der Waals surface area contributed by atoms with E-state index in [1.165, 1.54) is 14.2 Å². The highest BCUT2D eigenvalue weighted by Crippen LogP contribution is 2.34. The summed E-state index contributed by atoms with van der Waals surface area (Å²) in [5, 5.41) is 9.07. The lowest BCUT2D eigenvalue weighted by Crippen LogP contribution is -2.39. The second kappa shape index (κ2) is 8.63. The first-order chi connectivity index (χ1) is 12.7. The third-order valence-corrected chi connectivity index (χ3v) is 3.44. The van der Waals surface area contributed by atoms with Crippen LogP contribution in [0.5, 0.6) is 5.75 Å². The second-order valence-electron chi connectivity index (χ2n) is 5.13. The molecule has 9 nitrogen and oxygen atoms in total. The van der Waals surface area contributed by atoms with Crippen LogP contribution < -0.4 is 9.64 Å². The molecule has 2 unspecified atom stereocenters. The van der Waals surface area contributed by atoms with Crippen molar-refractivity contribution in [3.63, 3.8) is 0 Å². The Labute approximate surface area is 151 Å². The number of carbonyl (C=O) groups is 2. The molecule has 1 aromatic carbocycles. The van der Waals surface area contributed by atoms with Crippen molar-refractivity contribution in [3.8, 4) is 5.75 Å². The van der Waals surface area contributed by atoms with Crippen molar-refractivity contribution in [1.82, 2.24) is 0 Å². The van der Waals surface area contributed by atoms with Gasteiger partial charge in [0, 0.05) is 14.2 Å². The zero-order valence-electron chi connectivity index (χ0n) is 14.2. The average molecular weight is 395 g/mol. The van der Waals surface area contributed by atoms with Crippen molar-refractivity contribution >= 4 is 17.4 Å². The first kappa shape index (κ1) is 21.1. The molecule has 0 fully saturated rings. The maximum absolute atomic E-state index is 12.3. The minimum atomic E-state index is -4.93. The van der Waals surface area contributed by atoms with Crippen molar-refractivity contribution in [2.75, 3.05) is 32.5 Å². The van der Waals surface area contributed by atoms with Crippen LogP contribution in [0.3, 0.4) is 0 Å². The van der Waals surface area contributed by atoms with Gasteiger partial charge in [-0.1, -0.05) is 0 Å². The molecule has 0 aliphatic carbocycles. The van der Waals surface area contributed by atoms with E-state index in [0.29, 0.717) is 0 Å². The predicted octanol–water partition coefficient (Wildman–Crippen LogP) is 1.000. The van der Waals surface area contributed by atoms with Gasteiger partial charge in [-0.25, -0.2) is 0 Å². The van der Waals surface area contributed by atoms with Crippen LogP contribution in [0.15, 0.2) is 18.2 Å². The van der Waals surface area contributed by atoms with Crippen molar-refractivity contribution in [3.05, 3.63) is 23.8 Å². The smallest absolute Gasteiger partial charge is 0.406 e. The van der Waals surface area contributed by atoms with Crippen LogP contribution in [0.4, 0.5) is 18.9 Å². The highest BCUT2D eigenvalue weighted by Gasteiger charge is 2.39. The van der Waals surface area contributed by atoms with Crippen LogP contribution in [0.1, 0.15) is 10.4 Å². The molecule has 0 bridgehead atoms. The molecule has 150 valence electrons. The molecular formula is C15H16F3NO8. The normalized spacial score (nSPS) is 16.4. The SMILES string of the molecule is COC(O)OCOC(CN1C(=O)C(=O)c2cc(OC(F)(F)F)ccc21)OC. The quantitative estimate of drug-likeness (QED) is 0.488. The summed E-state index contributed by atoms with van der Waals surface area (Å²) < 4.78 is 60.0. The number of aliphatic hydroxyl groups is 1. The number of Topliss-reactive ketones (excluding diaryl/α,β-unsaturated/α-hetero) is 1. The summed E-state index contributed by atoms with van der Waals surface area (Å²) in [5.41, 5.74) is -0.148. The molecule has 1 heterocycles. The zero-order valence-corrected chi connectivity index (χ0v) is 14.2. The number of anilines is 1. The molecule has 2 atom stereocenters. The molecule has 0 saturated carbocycles. The summed E-state index contributed by atoms with van der Waals surface area (Å²) in [4.78, 5) is 25.2. The molecule has 1 aliphatic rings. The first-order valence-corrected chi connectivity index (χ1v) is 7.39. The summed E-state index contributed by atoms with van der Waals surface area (Å²) >= 11 is 0. The van der Waals surface area contributed by atoms with Crippen LogP contribution in [-0.4, -0.2) is 63.5 Å². The topological polar surface area (TPSA) is 104 Å². The first-order valence-electron chi connectivity index (χ1n) is 7.39. The van der Waals surface area contributed by atoms with Gasteiger partial charge in [0.15, 0.2) is 13.1 Å². The largest absolute Gasteiger partial charge is 0.573 e. The highest BCUT2D eigenvalue weighted by molar-refractivity contribution is 6.52. The highest BCUT2D eigenvalue weighted by atomic mass is 19.4. The number of hydrogen-bond acceptors (Lipinski definition) is 8. The van der Waals surface area contributed by atoms with E-state index in [2.05, 4.69) is 9.47 Å². The molecule has 0 radical (unpaired) electrons. The molecule has 1 amide bonds. The standard InChI is InChI=1S/C15H16F3NO8/c1-23-11(25-7-26-14(22)24-2)6-19-10-4-3-8(27-15(16,17)18)5-9(10)12(20)13(19)21/h3-5,11,14,22H,6-7H2,1-2H3. The Kier molecular flexibility index (Phi) is 6.73. The predicted molar refractivity (Wildman–Crippen MR) is 80.7 cm³/mol. The maximum Gasteiger partial charge on any atom is 0.573 e. The number of benzene rings is 1. The number of rotatable bonds is 9. The van der Waals surface area contributed by atoms with Gasteiger partial charge < -0.3 is 28.8 Å². The Hall–Kier alpha value is -2.25.